The molecule has 1 saturated carbocycles. The third kappa shape index (κ3) is 5.32. The SMILES string of the molecule is Cl.Cl.O=C(Nc1cccc(OCc2cn3ccccc3n2)c1)C1CC2CCCCC2N1. The van der Waals surface area contributed by atoms with Crippen molar-refractivity contribution in [3.05, 3.63) is 60.6 Å². The van der Waals surface area contributed by atoms with E-state index in [0.29, 0.717) is 24.3 Å². The van der Waals surface area contributed by atoms with Crippen LogP contribution in [0, 0.1) is 5.92 Å². The minimum Gasteiger partial charge on any atom is -0.487 e. The molecule has 2 aromatic heterocycles. The fraction of sp³-hybridized carbons (Fsp3) is 0.391. The molecule has 8 heteroatoms. The number of pyridine rings is 1. The van der Waals surface area contributed by atoms with Crippen molar-refractivity contribution in [3.63, 3.8) is 0 Å². The van der Waals surface area contributed by atoms with Crippen LogP contribution in [0.4, 0.5) is 5.69 Å². The number of fused-ring (bicyclic) bond motifs is 2. The van der Waals surface area contributed by atoms with Gasteiger partial charge in [-0.3, -0.25) is 4.79 Å². The van der Waals surface area contributed by atoms with Crippen LogP contribution in [0.1, 0.15) is 37.8 Å². The molecular formula is C23H28Cl2N4O2. The number of aromatic nitrogens is 2. The Morgan fingerprint density at radius 2 is 2.03 bits per heavy atom. The number of carbonyl (C=O) groups excluding carboxylic acids is 1. The summed E-state index contributed by atoms with van der Waals surface area (Å²) in [6, 6.07) is 13.9. The molecule has 1 saturated heterocycles. The largest absolute Gasteiger partial charge is 0.487 e. The van der Waals surface area contributed by atoms with Crippen molar-refractivity contribution in [2.45, 2.75) is 50.8 Å². The van der Waals surface area contributed by atoms with E-state index in [0.717, 1.165) is 23.4 Å². The molecule has 0 spiro atoms. The zero-order valence-corrected chi connectivity index (χ0v) is 18.8. The van der Waals surface area contributed by atoms with E-state index < -0.39 is 0 Å². The molecule has 3 heterocycles. The van der Waals surface area contributed by atoms with Crippen LogP contribution in [-0.2, 0) is 11.4 Å². The van der Waals surface area contributed by atoms with Crippen LogP contribution in [0.2, 0.25) is 0 Å². The van der Waals surface area contributed by atoms with Crippen molar-refractivity contribution in [1.29, 1.82) is 0 Å². The number of nitrogens with one attached hydrogen (secondary N) is 2. The van der Waals surface area contributed by atoms with Crippen LogP contribution in [0.25, 0.3) is 5.65 Å². The summed E-state index contributed by atoms with van der Waals surface area (Å²) in [7, 11) is 0. The standard InChI is InChI=1S/C23H26N4O2.2ClH/c28-23(21-12-16-6-1-2-9-20(16)26-21)25-17-7-5-8-19(13-17)29-15-18-14-27-11-4-3-10-22(27)24-18;;/h3-5,7-8,10-11,13-14,16,20-21,26H,1-2,6,9,12,15H2,(H,25,28);2*1H. The van der Waals surface area contributed by atoms with Gasteiger partial charge in [-0.2, -0.15) is 0 Å². The summed E-state index contributed by atoms with van der Waals surface area (Å²) in [5, 5.41) is 6.59. The van der Waals surface area contributed by atoms with E-state index in [1.54, 1.807) is 0 Å². The fourth-order valence-corrected chi connectivity index (χ4v) is 4.63. The lowest BCUT2D eigenvalue weighted by atomic mass is 9.85. The lowest BCUT2D eigenvalue weighted by Gasteiger charge is -2.24. The zero-order valence-electron chi connectivity index (χ0n) is 17.2. The molecule has 0 bridgehead atoms. The first-order valence-electron chi connectivity index (χ1n) is 10.5. The monoisotopic (exact) mass is 462 g/mol. The van der Waals surface area contributed by atoms with Crippen LogP contribution in [0.5, 0.6) is 5.75 Å². The van der Waals surface area contributed by atoms with Gasteiger partial charge in [0, 0.05) is 30.2 Å². The quantitative estimate of drug-likeness (QED) is 0.580. The van der Waals surface area contributed by atoms with Gasteiger partial charge < -0.3 is 19.8 Å². The molecule has 1 aromatic carbocycles. The number of ether oxygens (including phenoxy) is 1. The number of imidazole rings is 1. The van der Waals surface area contributed by atoms with Crippen molar-refractivity contribution in [1.82, 2.24) is 14.7 Å². The van der Waals surface area contributed by atoms with Gasteiger partial charge in [0.05, 0.1) is 11.7 Å². The molecule has 1 amide bonds. The van der Waals surface area contributed by atoms with Gasteiger partial charge in [0.1, 0.15) is 18.0 Å². The smallest absolute Gasteiger partial charge is 0.241 e. The van der Waals surface area contributed by atoms with E-state index in [1.807, 2.05) is 59.3 Å². The third-order valence-corrected chi connectivity index (χ3v) is 6.08. The Balaban J connectivity index is 0.00000136. The summed E-state index contributed by atoms with van der Waals surface area (Å²) in [5.41, 5.74) is 2.53. The van der Waals surface area contributed by atoms with Gasteiger partial charge in [-0.25, -0.2) is 4.98 Å². The average Bonchev–Trinajstić information content (AvgIpc) is 3.36. The molecule has 2 aliphatic rings. The second kappa shape index (κ2) is 10.4. The summed E-state index contributed by atoms with van der Waals surface area (Å²) in [6.45, 7) is 0.382. The zero-order chi connectivity index (χ0) is 19.6. The van der Waals surface area contributed by atoms with Crippen molar-refractivity contribution in [2.75, 3.05) is 5.32 Å². The second-order valence-electron chi connectivity index (χ2n) is 8.11. The molecule has 6 nitrogen and oxygen atoms in total. The number of halogens is 2. The Bertz CT molecular complexity index is 978. The summed E-state index contributed by atoms with van der Waals surface area (Å²) in [4.78, 5) is 17.3. The fourth-order valence-electron chi connectivity index (χ4n) is 4.63. The number of hydrogen-bond donors (Lipinski definition) is 2. The number of hydrogen-bond acceptors (Lipinski definition) is 4. The molecular weight excluding hydrogens is 435 g/mol. The van der Waals surface area contributed by atoms with E-state index in [2.05, 4.69) is 15.6 Å². The van der Waals surface area contributed by atoms with Crippen LogP contribution < -0.4 is 15.4 Å². The van der Waals surface area contributed by atoms with E-state index in [1.165, 1.54) is 25.7 Å². The van der Waals surface area contributed by atoms with E-state index in [-0.39, 0.29) is 36.8 Å². The topological polar surface area (TPSA) is 67.7 Å². The van der Waals surface area contributed by atoms with Gasteiger partial charge >= 0.3 is 0 Å². The van der Waals surface area contributed by atoms with E-state index in [4.69, 9.17) is 4.74 Å². The number of nitrogens with zero attached hydrogens (tertiary/aromatic N) is 2. The lowest BCUT2D eigenvalue weighted by molar-refractivity contribution is -0.117. The maximum atomic E-state index is 12.7. The summed E-state index contributed by atoms with van der Waals surface area (Å²) in [5.74, 6) is 1.42. The Kier molecular flexibility index (Phi) is 7.81. The molecule has 1 aliphatic heterocycles. The van der Waals surface area contributed by atoms with E-state index >= 15 is 0 Å². The first-order valence-corrected chi connectivity index (χ1v) is 10.5. The van der Waals surface area contributed by atoms with Crippen molar-refractivity contribution < 1.29 is 9.53 Å². The van der Waals surface area contributed by atoms with Gasteiger partial charge in [0.15, 0.2) is 0 Å². The number of rotatable bonds is 5. The number of amides is 1. The van der Waals surface area contributed by atoms with E-state index in [9.17, 15) is 4.79 Å². The second-order valence-corrected chi connectivity index (χ2v) is 8.11. The maximum Gasteiger partial charge on any atom is 0.241 e. The Morgan fingerprint density at radius 3 is 2.87 bits per heavy atom. The molecule has 31 heavy (non-hydrogen) atoms. The normalized spacial score (nSPS) is 22.1. The number of anilines is 1. The number of benzene rings is 1. The van der Waals surface area contributed by atoms with Gasteiger partial charge in [-0.05, 0) is 49.4 Å². The van der Waals surface area contributed by atoms with Crippen LogP contribution in [0.3, 0.4) is 0 Å². The molecule has 2 N–H and O–H groups in total. The first kappa shape index (κ1) is 23.4. The minimum absolute atomic E-state index is 0. The molecule has 1 aliphatic carbocycles. The first-order chi connectivity index (χ1) is 14.2. The van der Waals surface area contributed by atoms with Crippen LogP contribution in [0.15, 0.2) is 54.9 Å². The predicted molar refractivity (Wildman–Crippen MR) is 126 cm³/mol. The van der Waals surface area contributed by atoms with Crippen LogP contribution >= 0.6 is 24.8 Å². The predicted octanol–water partition coefficient (Wildman–Crippen LogP) is 4.62. The lowest BCUT2D eigenvalue weighted by Crippen LogP contribution is -2.39. The minimum atomic E-state index is -0.0920. The van der Waals surface area contributed by atoms with Crippen molar-refractivity contribution >= 4 is 42.1 Å². The molecule has 2 fully saturated rings. The highest BCUT2D eigenvalue weighted by Gasteiger charge is 2.38. The molecule has 3 unspecified atom stereocenters. The highest BCUT2D eigenvalue weighted by atomic mass is 35.5. The Hall–Kier alpha value is -2.28. The number of carbonyl (C=O) groups is 1. The Morgan fingerprint density at radius 1 is 1.16 bits per heavy atom. The van der Waals surface area contributed by atoms with Gasteiger partial charge in [-0.15, -0.1) is 24.8 Å². The summed E-state index contributed by atoms with van der Waals surface area (Å²) < 4.78 is 7.88. The van der Waals surface area contributed by atoms with Gasteiger partial charge in [0.2, 0.25) is 5.91 Å². The maximum absolute atomic E-state index is 12.7. The third-order valence-electron chi connectivity index (χ3n) is 6.08. The van der Waals surface area contributed by atoms with Gasteiger partial charge in [-0.1, -0.05) is 25.0 Å². The van der Waals surface area contributed by atoms with Crippen molar-refractivity contribution in [2.24, 2.45) is 5.92 Å². The highest BCUT2D eigenvalue weighted by Crippen LogP contribution is 2.33. The summed E-state index contributed by atoms with van der Waals surface area (Å²) in [6.07, 6.45) is 9.88. The Labute approximate surface area is 194 Å². The molecule has 5 rings (SSSR count). The highest BCUT2D eigenvalue weighted by molar-refractivity contribution is 5.95. The molecule has 166 valence electrons. The van der Waals surface area contributed by atoms with Crippen molar-refractivity contribution in [3.8, 4) is 5.75 Å². The molecule has 3 aromatic rings. The molecule has 0 radical (unpaired) electrons. The summed E-state index contributed by atoms with van der Waals surface area (Å²) >= 11 is 0. The van der Waals surface area contributed by atoms with Crippen LogP contribution in [-0.4, -0.2) is 27.4 Å². The van der Waals surface area contributed by atoms with Gasteiger partial charge in [0.25, 0.3) is 0 Å². The molecule has 3 atom stereocenters. The average molecular weight is 463 g/mol.